The minimum absolute atomic E-state index is 0.846. The molecule has 2 heterocycles. The SMILES string of the molecule is CN=C(NCCCCc1nc(C)cs1)NCCc1ccc(-n2cccn2)cc1. The molecule has 1 aromatic carbocycles. The topological polar surface area (TPSA) is 67.1 Å². The van der Waals surface area contributed by atoms with Crippen LogP contribution >= 0.6 is 11.3 Å². The van der Waals surface area contributed by atoms with Crippen LogP contribution in [-0.2, 0) is 12.8 Å². The van der Waals surface area contributed by atoms with Crippen molar-refractivity contribution < 1.29 is 0 Å². The van der Waals surface area contributed by atoms with E-state index in [-0.39, 0.29) is 0 Å². The van der Waals surface area contributed by atoms with Crippen LogP contribution in [0.3, 0.4) is 0 Å². The Labute approximate surface area is 170 Å². The second-order valence-electron chi connectivity index (χ2n) is 6.63. The first-order chi connectivity index (χ1) is 13.7. The summed E-state index contributed by atoms with van der Waals surface area (Å²) in [6.45, 7) is 3.81. The Morgan fingerprint density at radius 2 is 1.93 bits per heavy atom. The summed E-state index contributed by atoms with van der Waals surface area (Å²) in [6.07, 6.45) is 7.98. The van der Waals surface area contributed by atoms with Crippen LogP contribution in [0.1, 0.15) is 29.1 Å². The number of hydrogen-bond donors (Lipinski definition) is 2. The number of nitrogens with one attached hydrogen (secondary N) is 2. The lowest BCUT2D eigenvalue weighted by atomic mass is 10.1. The fraction of sp³-hybridized carbons (Fsp3) is 0.381. The van der Waals surface area contributed by atoms with Gasteiger partial charge in [-0.1, -0.05) is 12.1 Å². The smallest absolute Gasteiger partial charge is 0.190 e. The van der Waals surface area contributed by atoms with Crippen molar-refractivity contribution >= 4 is 17.3 Å². The molecule has 2 aromatic heterocycles. The number of hydrogen-bond acceptors (Lipinski definition) is 4. The molecule has 0 amide bonds. The fourth-order valence-electron chi connectivity index (χ4n) is 2.91. The highest BCUT2D eigenvalue weighted by Gasteiger charge is 2.01. The van der Waals surface area contributed by atoms with Crippen molar-refractivity contribution in [3.8, 4) is 5.69 Å². The van der Waals surface area contributed by atoms with Gasteiger partial charge in [-0.15, -0.1) is 11.3 Å². The molecule has 0 spiro atoms. The Hall–Kier alpha value is -2.67. The van der Waals surface area contributed by atoms with E-state index in [1.54, 1.807) is 17.5 Å². The molecule has 0 saturated heterocycles. The van der Waals surface area contributed by atoms with Gasteiger partial charge in [0.2, 0.25) is 0 Å². The molecule has 0 radical (unpaired) electrons. The Kier molecular flexibility index (Phi) is 7.61. The number of aliphatic imine (C=N–C) groups is 1. The quantitative estimate of drug-likeness (QED) is 0.331. The molecule has 2 N–H and O–H groups in total. The van der Waals surface area contributed by atoms with Crippen molar-refractivity contribution in [3.63, 3.8) is 0 Å². The summed E-state index contributed by atoms with van der Waals surface area (Å²) in [7, 11) is 1.81. The minimum Gasteiger partial charge on any atom is -0.356 e. The lowest BCUT2D eigenvalue weighted by Gasteiger charge is -2.12. The average Bonchev–Trinajstić information content (AvgIpc) is 3.39. The van der Waals surface area contributed by atoms with Crippen LogP contribution in [0.2, 0.25) is 0 Å². The first-order valence-electron chi connectivity index (χ1n) is 9.69. The van der Waals surface area contributed by atoms with Gasteiger partial charge in [0.15, 0.2) is 5.96 Å². The maximum atomic E-state index is 4.51. The van der Waals surface area contributed by atoms with Gasteiger partial charge in [-0.2, -0.15) is 5.10 Å². The normalized spacial score (nSPS) is 11.6. The van der Waals surface area contributed by atoms with Crippen LogP contribution in [0.5, 0.6) is 0 Å². The van der Waals surface area contributed by atoms with Gasteiger partial charge in [-0.25, -0.2) is 9.67 Å². The van der Waals surface area contributed by atoms with Gasteiger partial charge >= 0.3 is 0 Å². The van der Waals surface area contributed by atoms with Crippen molar-refractivity contribution in [2.45, 2.75) is 32.6 Å². The molecule has 0 atom stereocenters. The molecular weight excluding hydrogens is 368 g/mol. The van der Waals surface area contributed by atoms with Crippen LogP contribution in [0, 0.1) is 6.92 Å². The van der Waals surface area contributed by atoms with Gasteiger partial charge in [-0.05, 0) is 56.4 Å². The highest BCUT2D eigenvalue weighted by Crippen LogP contribution is 2.11. The third-order valence-corrected chi connectivity index (χ3v) is 5.44. The van der Waals surface area contributed by atoms with Gasteiger partial charge in [-0.3, -0.25) is 4.99 Å². The molecule has 0 aliphatic rings. The summed E-state index contributed by atoms with van der Waals surface area (Å²) in [5.41, 5.74) is 3.49. The third kappa shape index (κ3) is 6.20. The minimum atomic E-state index is 0.846. The van der Waals surface area contributed by atoms with E-state index in [0.717, 1.165) is 56.1 Å². The summed E-state index contributed by atoms with van der Waals surface area (Å²) in [5.74, 6) is 0.859. The van der Waals surface area contributed by atoms with Crippen LogP contribution in [0.15, 0.2) is 53.1 Å². The molecule has 28 heavy (non-hydrogen) atoms. The standard InChI is InChI=1S/C21H28N6S/c1-17-16-28-20(26-17)6-3-4-12-23-21(22-2)24-14-11-18-7-9-19(10-8-18)27-15-5-13-25-27/h5,7-10,13,15-16H,3-4,6,11-12,14H2,1-2H3,(H2,22,23,24). The van der Waals surface area contributed by atoms with E-state index in [2.05, 4.69) is 55.4 Å². The second kappa shape index (κ2) is 10.6. The molecule has 148 valence electrons. The molecule has 3 rings (SSSR count). The van der Waals surface area contributed by atoms with Gasteiger partial charge in [0.25, 0.3) is 0 Å². The van der Waals surface area contributed by atoms with Gasteiger partial charge < -0.3 is 10.6 Å². The van der Waals surface area contributed by atoms with Gasteiger partial charge in [0.05, 0.1) is 10.7 Å². The summed E-state index contributed by atoms with van der Waals surface area (Å²) < 4.78 is 1.86. The predicted molar refractivity (Wildman–Crippen MR) is 116 cm³/mol. The Bertz CT molecular complexity index is 851. The molecule has 0 fully saturated rings. The summed E-state index contributed by atoms with van der Waals surface area (Å²) in [4.78, 5) is 8.80. The van der Waals surface area contributed by atoms with Crippen LogP contribution in [-0.4, -0.2) is 40.9 Å². The van der Waals surface area contributed by atoms with E-state index < -0.39 is 0 Å². The average molecular weight is 397 g/mol. The van der Waals surface area contributed by atoms with Crippen molar-refractivity contribution in [2.75, 3.05) is 20.1 Å². The zero-order valence-electron chi connectivity index (χ0n) is 16.6. The molecule has 0 unspecified atom stereocenters. The lowest BCUT2D eigenvalue weighted by Crippen LogP contribution is -2.38. The van der Waals surface area contributed by atoms with Crippen molar-refractivity contribution in [1.29, 1.82) is 0 Å². The number of aromatic nitrogens is 3. The lowest BCUT2D eigenvalue weighted by molar-refractivity contribution is 0.691. The first-order valence-corrected chi connectivity index (χ1v) is 10.6. The number of nitrogens with zero attached hydrogens (tertiary/aromatic N) is 4. The fourth-order valence-corrected chi connectivity index (χ4v) is 3.73. The van der Waals surface area contributed by atoms with Crippen molar-refractivity contribution in [3.05, 3.63) is 64.4 Å². The molecule has 0 saturated carbocycles. The molecule has 7 heteroatoms. The molecular formula is C21H28N6S. The van der Waals surface area contributed by atoms with E-state index >= 15 is 0 Å². The van der Waals surface area contributed by atoms with Crippen LogP contribution < -0.4 is 10.6 Å². The Balaban J connectivity index is 1.31. The first kappa shape index (κ1) is 20.1. The molecule has 0 aliphatic carbocycles. The zero-order valence-corrected chi connectivity index (χ0v) is 17.4. The predicted octanol–water partition coefficient (Wildman–Crippen LogP) is 3.37. The Morgan fingerprint density at radius 3 is 2.61 bits per heavy atom. The summed E-state index contributed by atoms with van der Waals surface area (Å²) >= 11 is 1.75. The number of aryl methyl sites for hydroxylation is 2. The van der Waals surface area contributed by atoms with Crippen molar-refractivity contribution in [2.24, 2.45) is 4.99 Å². The molecule has 0 aliphatic heterocycles. The highest BCUT2D eigenvalue weighted by atomic mass is 32.1. The number of rotatable bonds is 9. The molecule has 6 nitrogen and oxygen atoms in total. The maximum Gasteiger partial charge on any atom is 0.190 e. The van der Waals surface area contributed by atoms with Gasteiger partial charge in [0.1, 0.15) is 0 Å². The largest absolute Gasteiger partial charge is 0.356 e. The van der Waals surface area contributed by atoms with Crippen LogP contribution in [0.4, 0.5) is 0 Å². The highest BCUT2D eigenvalue weighted by molar-refractivity contribution is 7.09. The van der Waals surface area contributed by atoms with Crippen LogP contribution in [0.25, 0.3) is 5.69 Å². The van der Waals surface area contributed by atoms with Gasteiger partial charge in [0, 0.05) is 43.6 Å². The summed E-state index contributed by atoms with van der Waals surface area (Å²) in [6, 6.07) is 10.4. The van der Waals surface area contributed by atoms with E-state index in [1.807, 2.05) is 30.9 Å². The second-order valence-corrected chi connectivity index (χ2v) is 7.58. The zero-order chi connectivity index (χ0) is 19.6. The van der Waals surface area contributed by atoms with E-state index in [9.17, 15) is 0 Å². The van der Waals surface area contributed by atoms with Crippen molar-refractivity contribution in [1.82, 2.24) is 25.4 Å². The van der Waals surface area contributed by atoms with E-state index in [4.69, 9.17) is 0 Å². The maximum absolute atomic E-state index is 4.51. The molecule has 3 aromatic rings. The molecule has 0 bridgehead atoms. The monoisotopic (exact) mass is 396 g/mol. The number of guanidine groups is 1. The number of benzene rings is 1. The summed E-state index contributed by atoms with van der Waals surface area (Å²) in [5, 5.41) is 14.4. The Morgan fingerprint density at radius 1 is 1.11 bits per heavy atom. The van der Waals surface area contributed by atoms with E-state index in [1.165, 1.54) is 10.6 Å². The van der Waals surface area contributed by atoms with E-state index in [0.29, 0.717) is 0 Å². The number of unbranched alkanes of at least 4 members (excludes halogenated alkanes) is 1. The third-order valence-electron chi connectivity index (χ3n) is 4.41. The number of thiazole rings is 1.